The summed E-state index contributed by atoms with van der Waals surface area (Å²) in [6, 6.07) is 5.63. The Hall–Kier alpha value is -2.54. The summed E-state index contributed by atoms with van der Waals surface area (Å²) in [7, 11) is 2.71. The summed E-state index contributed by atoms with van der Waals surface area (Å²) in [6.07, 6.45) is 0. The Morgan fingerprint density at radius 2 is 1.95 bits per heavy atom. The van der Waals surface area contributed by atoms with E-state index < -0.39 is 5.97 Å². The maximum absolute atomic E-state index is 11.5. The van der Waals surface area contributed by atoms with Gasteiger partial charge in [0, 0.05) is 6.07 Å². The van der Waals surface area contributed by atoms with Crippen molar-refractivity contribution < 1.29 is 24.1 Å². The second kappa shape index (κ2) is 6.27. The average molecular weight is 311 g/mol. The molecule has 1 aromatic heterocycles. The summed E-state index contributed by atoms with van der Waals surface area (Å²) in [5.41, 5.74) is 0.259. The Morgan fingerprint density at radius 3 is 2.57 bits per heavy atom. The normalized spacial score (nSPS) is 10.0. The number of carbonyl (C=O) groups is 1. The number of aromatic nitrogens is 2. The zero-order valence-electron chi connectivity index (χ0n) is 11.2. The van der Waals surface area contributed by atoms with Gasteiger partial charge in [0.2, 0.25) is 0 Å². The molecule has 0 aliphatic rings. The van der Waals surface area contributed by atoms with Gasteiger partial charge in [-0.15, -0.1) is 10.2 Å². The van der Waals surface area contributed by atoms with E-state index in [4.69, 9.17) is 21.1 Å². The van der Waals surface area contributed by atoms with Gasteiger partial charge in [0.05, 0.1) is 19.8 Å². The largest absolute Gasteiger partial charge is 0.503 e. The molecule has 0 spiro atoms. The van der Waals surface area contributed by atoms with E-state index in [-0.39, 0.29) is 28.1 Å². The number of rotatable bonds is 4. The van der Waals surface area contributed by atoms with Gasteiger partial charge < -0.3 is 19.3 Å². The van der Waals surface area contributed by atoms with Crippen molar-refractivity contribution in [3.63, 3.8) is 0 Å². The maximum Gasteiger partial charge on any atom is 0.337 e. The number of methoxy groups -OCH3 is 2. The Kier molecular flexibility index (Phi) is 4.44. The van der Waals surface area contributed by atoms with Gasteiger partial charge in [-0.1, -0.05) is 11.6 Å². The van der Waals surface area contributed by atoms with Crippen molar-refractivity contribution >= 4 is 17.6 Å². The molecular weight excluding hydrogens is 300 g/mol. The lowest BCUT2D eigenvalue weighted by Crippen LogP contribution is -2.02. The van der Waals surface area contributed by atoms with Crippen LogP contribution in [0.2, 0.25) is 5.15 Å². The lowest BCUT2D eigenvalue weighted by Gasteiger charge is -2.11. The van der Waals surface area contributed by atoms with Gasteiger partial charge in [0.15, 0.2) is 22.4 Å². The van der Waals surface area contributed by atoms with Gasteiger partial charge >= 0.3 is 5.97 Å². The summed E-state index contributed by atoms with van der Waals surface area (Å²) < 4.78 is 15.1. The standard InChI is InChI=1S/C13H11ClN2O5/c1-19-9-4-3-7(13(18)20-2)5-10(9)21-12-8(17)6-11(14)15-16-12/h3-6H,1-2H3,(H,15,17). The van der Waals surface area contributed by atoms with Crippen molar-refractivity contribution in [1.82, 2.24) is 10.2 Å². The summed E-state index contributed by atoms with van der Waals surface area (Å²) in [5.74, 6) is -0.472. The molecule has 8 heteroatoms. The van der Waals surface area contributed by atoms with Gasteiger partial charge in [-0.2, -0.15) is 0 Å². The third-order valence-corrected chi connectivity index (χ3v) is 2.69. The number of benzene rings is 1. The lowest BCUT2D eigenvalue weighted by atomic mass is 10.2. The van der Waals surface area contributed by atoms with E-state index in [1.807, 2.05) is 0 Å². The van der Waals surface area contributed by atoms with E-state index in [0.29, 0.717) is 5.75 Å². The Bertz CT molecular complexity index is 678. The molecule has 0 atom stereocenters. The predicted molar refractivity (Wildman–Crippen MR) is 73.1 cm³/mol. The molecule has 2 aromatic rings. The number of halogens is 1. The molecule has 1 heterocycles. The molecule has 0 aliphatic heterocycles. The summed E-state index contributed by atoms with van der Waals surface area (Å²) in [5, 5.41) is 16.9. The molecule has 0 fully saturated rings. The van der Waals surface area contributed by atoms with Crippen LogP contribution in [0.1, 0.15) is 10.4 Å². The highest BCUT2D eigenvalue weighted by Gasteiger charge is 2.15. The van der Waals surface area contributed by atoms with Crippen LogP contribution in [0, 0.1) is 0 Å². The molecule has 0 aliphatic carbocycles. The molecule has 0 amide bonds. The van der Waals surface area contributed by atoms with Gasteiger partial charge in [-0.25, -0.2) is 4.79 Å². The van der Waals surface area contributed by atoms with Crippen LogP contribution < -0.4 is 9.47 Å². The van der Waals surface area contributed by atoms with Crippen molar-refractivity contribution in [1.29, 1.82) is 0 Å². The third kappa shape index (κ3) is 3.32. The fourth-order valence-electron chi connectivity index (χ4n) is 1.53. The van der Waals surface area contributed by atoms with E-state index in [1.54, 1.807) is 0 Å². The van der Waals surface area contributed by atoms with Gasteiger partial charge in [-0.3, -0.25) is 0 Å². The number of hydrogen-bond donors (Lipinski definition) is 1. The van der Waals surface area contributed by atoms with Crippen LogP contribution in [-0.4, -0.2) is 35.5 Å². The highest BCUT2D eigenvalue weighted by molar-refractivity contribution is 6.29. The number of hydrogen-bond acceptors (Lipinski definition) is 7. The third-order valence-electron chi connectivity index (χ3n) is 2.50. The van der Waals surface area contributed by atoms with E-state index in [2.05, 4.69) is 14.9 Å². The van der Waals surface area contributed by atoms with Crippen molar-refractivity contribution in [2.45, 2.75) is 0 Å². The number of carbonyl (C=O) groups excluding carboxylic acids is 1. The van der Waals surface area contributed by atoms with E-state index >= 15 is 0 Å². The van der Waals surface area contributed by atoms with Crippen LogP contribution >= 0.6 is 11.6 Å². The number of nitrogens with zero attached hydrogens (tertiary/aromatic N) is 2. The molecule has 7 nitrogen and oxygen atoms in total. The summed E-state index contributed by atoms with van der Waals surface area (Å²) in [4.78, 5) is 11.5. The van der Waals surface area contributed by atoms with E-state index in [1.165, 1.54) is 38.5 Å². The molecule has 0 unspecified atom stereocenters. The van der Waals surface area contributed by atoms with Crippen LogP contribution in [0.3, 0.4) is 0 Å². The first kappa shape index (κ1) is 14.9. The Labute approximate surface area is 125 Å². The zero-order valence-corrected chi connectivity index (χ0v) is 11.9. The molecule has 21 heavy (non-hydrogen) atoms. The second-order valence-electron chi connectivity index (χ2n) is 3.82. The predicted octanol–water partition coefficient (Wildman–Crippen LogP) is 2.42. The quantitative estimate of drug-likeness (QED) is 0.867. The van der Waals surface area contributed by atoms with Crippen LogP contribution in [-0.2, 0) is 4.74 Å². The topological polar surface area (TPSA) is 90.8 Å². The average Bonchev–Trinajstić information content (AvgIpc) is 2.49. The van der Waals surface area contributed by atoms with Gasteiger partial charge in [0.1, 0.15) is 0 Å². The lowest BCUT2D eigenvalue weighted by molar-refractivity contribution is 0.0600. The molecule has 0 bridgehead atoms. The van der Waals surface area contributed by atoms with Crippen molar-refractivity contribution in [2.24, 2.45) is 0 Å². The maximum atomic E-state index is 11.5. The fourth-order valence-corrected chi connectivity index (χ4v) is 1.67. The highest BCUT2D eigenvalue weighted by Crippen LogP contribution is 2.35. The highest BCUT2D eigenvalue weighted by atomic mass is 35.5. The van der Waals surface area contributed by atoms with Crippen LogP contribution in [0.15, 0.2) is 24.3 Å². The van der Waals surface area contributed by atoms with Crippen LogP contribution in [0.25, 0.3) is 0 Å². The molecule has 0 radical (unpaired) electrons. The fraction of sp³-hybridized carbons (Fsp3) is 0.154. The molecule has 2 rings (SSSR count). The van der Waals surface area contributed by atoms with Crippen molar-refractivity contribution in [3.05, 3.63) is 35.0 Å². The molecular formula is C13H11ClN2O5. The van der Waals surface area contributed by atoms with E-state index in [0.717, 1.165) is 0 Å². The molecule has 1 aromatic carbocycles. The molecule has 0 saturated carbocycles. The first-order chi connectivity index (χ1) is 10.0. The minimum Gasteiger partial charge on any atom is -0.503 e. The van der Waals surface area contributed by atoms with Gasteiger partial charge in [-0.05, 0) is 18.2 Å². The molecule has 1 N–H and O–H groups in total. The Morgan fingerprint density at radius 1 is 1.19 bits per heavy atom. The Balaban J connectivity index is 2.39. The number of esters is 1. The van der Waals surface area contributed by atoms with Gasteiger partial charge in [0.25, 0.3) is 5.88 Å². The summed E-state index contributed by atoms with van der Waals surface area (Å²) >= 11 is 5.59. The van der Waals surface area contributed by atoms with Crippen molar-refractivity contribution in [2.75, 3.05) is 14.2 Å². The SMILES string of the molecule is COC(=O)c1ccc(OC)c(Oc2nnc(Cl)cc2O)c1. The first-order valence-electron chi connectivity index (χ1n) is 5.71. The summed E-state index contributed by atoms with van der Waals surface area (Å²) in [6.45, 7) is 0. The minimum absolute atomic E-state index is 0.0233. The monoisotopic (exact) mass is 310 g/mol. The van der Waals surface area contributed by atoms with Crippen LogP contribution in [0.5, 0.6) is 23.1 Å². The van der Waals surface area contributed by atoms with Crippen LogP contribution in [0.4, 0.5) is 0 Å². The second-order valence-corrected chi connectivity index (χ2v) is 4.20. The van der Waals surface area contributed by atoms with Crippen molar-refractivity contribution in [3.8, 4) is 23.1 Å². The first-order valence-corrected chi connectivity index (χ1v) is 6.09. The number of aromatic hydroxyl groups is 1. The molecule has 0 saturated heterocycles. The number of ether oxygens (including phenoxy) is 3. The minimum atomic E-state index is -0.533. The molecule has 110 valence electrons. The smallest absolute Gasteiger partial charge is 0.337 e. The zero-order chi connectivity index (χ0) is 15.4. The van der Waals surface area contributed by atoms with E-state index in [9.17, 15) is 9.90 Å².